The first-order valence-corrected chi connectivity index (χ1v) is 13.2. The Hall–Kier alpha value is -1.19. The number of unbranched alkanes of at least 4 members (excludes halogenated alkanes) is 3. The molecule has 0 aliphatic heterocycles. The molecule has 1 heterocycles. The van der Waals surface area contributed by atoms with Crippen LogP contribution in [0, 0.1) is 5.92 Å². The molecular formula is C27H39NOS. The third-order valence-corrected chi connectivity index (χ3v) is 8.72. The van der Waals surface area contributed by atoms with E-state index in [0.29, 0.717) is 24.4 Å². The minimum Gasteiger partial charge on any atom is -0.396 e. The van der Waals surface area contributed by atoms with Crippen molar-refractivity contribution < 1.29 is 5.11 Å². The lowest BCUT2D eigenvalue weighted by Crippen LogP contribution is -2.13. The molecule has 2 unspecified atom stereocenters. The van der Waals surface area contributed by atoms with Gasteiger partial charge in [-0.3, -0.25) is 0 Å². The molecule has 1 fully saturated rings. The Morgan fingerprint density at radius 1 is 0.900 bits per heavy atom. The normalized spacial score (nSPS) is 26.5. The first kappa shape index (κ1) is 22.0. The van der Waals surface area contributed by atoms with Gasteiger partial charge in [-0.05, 0) is 79.9 Å². The number of rotatable bonds is 8. The fourth-order valence-corrected chi connectivity index (χ4v) is 6.63. The number of aliphatic hydroxyl groups excluding tert-OH is 1. The van der Waals surface area contributed by atoms with Crippen LogP contribution in [0.1, 0.15) is 118 Å². The zero-order chi connectivity index (χ0) is 20.9. The fourth-order valence-electron chi connectivity index (χ4n) is 5.62. The molecule has 2 aliphatic rings. The quantitative estimate of drug-likeness (QED) is 0.434. The number of thiazole rings is 1. The molecule has 0 saturated heterocycles. The van der Waals surface area contributed by atoms with Gasteiger partial charge in [-0.2, -0.15) is 0 Å². The first-order valence-electron chi connectivity index (χ1n) is 12.4. The van der Waals surface area contributed by atoms with Crippen LogP contribution < -0.4 is 0 Å². The molecule has 2 atom stereocenters. The van der Waals surface area contributed by atoms with Crippen LogP contribution in [0.15, 0.2) is 23.6 Å². The van der Waals surface area contributed by atoms with Crippen molar-refractivity contribution in [2.75, 3.05) is 6.61 Å². The van der Waals surface area contributed by atoms with Gasteiger partial charge in [0.25, 0.3) is 0 Å². The van der Waals surface area contributed by atoms with Crippen molar-refractivity contribution >= 4 is 11.3 Å². The Balaban J connectivity index is 1.34. The highest BCUT2D eigenvalue weighted by Crippen LogP contribution is 2.42. The van der Waals surface area contributed by atoms with E-state index in [1.54, 1.807) is 11.1 Å². The highest BCUT2D eigenvalue weighted by atomic mass is 32.1. The van der Waals surface area contributed by atoms with E-state index in [1.165, 1.54) is 80.5 Å². The van der Waals surface area contributed by atoms with Crippen LogP contribution in [0.4, 0.5) is 0 Å². The summed E-state index contributed by atoms with van der Waals surface area (Å²) in [5.41, 5.74) is 5.62. The van der Waals surface area contributed by atoms with Crippen LogP contribution >= 0.6 is 11.3 Å². The molecule has 2 aliphatic carbocycles. The Morgan fingerprint density at radius 3 is 2.40 bits per heavy atom. The maximum atomic E-state index is 8.90. The van der Waals surface area contributed by atoms with Crippen molar-refractivity contribution in [2.24, 2.45) is 5.92 Å². The summed E-state index contributed by atoms with van der Waals surface area (Å²) in [5, 5.41) is 12.6. The zero-order valence-electron chi connectivity index (χ0n) is 18.9. The molecule has 3 heteroatoms. The van der Waals surface area contributed by atoms with Gasteiger partial charge in [0.15, 0.2) is 0 Å². The average molecular weight is 426 g/mol. The number of fused-ring (bicyclic) bond motifs is 1. The van der Waals surface area contributed by atoms with Gasteiger partial charge in [-0.25, -0.2) is 4.98 Å². The second kappa shape index (κ2) is 10.4. The molecule has 1 saturated carbocycles. The lowest BCUT2D eigenvalue weighted by Gasteiger charge is -2.28. The molecule has 1 aromatic heterocycles. The molecular weight excluding hydrogens is 386 g/mol. The molecule has 4 rings (SSSR count). The molecule has 1 N–H and O–H groups in total. The van der Waals surface area contributed by atoms with Crippen molar-refractivity contribution in [3.05, 3.63) is 39.7 Å². The predicted molar refractivity (Wildman–Crippen MR) is 128 cm³/mol. The lowest BCUT2D eigenvalue weighted by molar-refractivity contribution is 0.276. The van der Waals surface area contributed by atoms with Crippen LogP contribution in [0.2, 0.25) is 0 Å². The molecule has 2 aromatic rings. The minimum absolute atomic E-state index is 0.352. The standard InChI is InChI=1S/C27H39NOS/c1-19-8-9-20(2)25-17-23(14-15-24(19)25)26-18-30-27(28-26)22-12-10-21(11-13-22)7-5-3-4-6-16-29/h14-15,17-22,29H,3-13,16H2,1-2H3. The van der Waals surface area contributed by atoms with Gasteiger partial charge >= 0.3 is 0 Å². The zero-order valence-corrected chi connectivity index (χ0v) is 19.7. The summed E-state index contributed by atoms with van der Waals surface area (Å²) in [6.45, 7) is 5.10. The molecule has 30 heavy (non-hydrogen) atoms. The van der Waals surface area contributed by atoms with Crippen molar-refractivity contribution in [2.45, 2.75) is 102 Å². The summed E-state index contributed by atoms with van der Waals surface area (Å²) in [4.78, 5) is 5.11. The van der Waals surface area contributed by atoms with Crippen molar-refractivity contribution in [3.63, 3.8) is 0 Å². The van der Waals surface area contributed by atoms with E-state index >= 15 is 0 Å². The van der Waals surface area contributed by atoms with Crippen molar-refractivity contribution in [3.8, 4) is 11.3 Å². The second-order valence-corrected chi connectivity index (χ2v) is 10.8. The van der Waals surface area contributed by atoms with Gasteiger partial charge in [0.2, 0.25) is 0 Å². The summed E-state index contributed by atoms with van der Waals surface area (Å²) in [5.74, 6) is 2.96. The number of benzene rings is 1. The molecule has 1 aromatic carbocycles. The monoisotopic (exact) mass is 425 g/mol. The van der Waals surface area contributed by atoms with E-state index in [2.05, 4.69) is 37.4 Å². The second-order valence-electron chi connectivity index (χ2n) is 9.94. The van der Waals surface area contributed by atoms with Crippen LogP contribution in [0.3, 0.4) is 0 Å². The maximum Gasteiger partial charge on any atom is 0.0963 e. The molecule has 0 radical (unpaired) electrons. The predicted octanol–water partition coefficient (Wildman–Crippen LogP) is 8.03. The summed E-state index contributed by atoms with van der Waals surface area (Å²) < 4.78 is 0. The van der Waals surface area contributed by atoms with Gasteiger partial charge in [-0.1, -0.05) is 51.7 Å². The van der Waals surface area contributed by atoms with Gasteiger partial charge in [0.05, 0.1) is 10.7 Å². The summed E-state index contributed by atoms with van der Waals surface area (Å²) >= 11 is 1.88. The highest BCUT2D eigenvalue weighted by molar-refractivity contribution is 7.10. The summed E-state index contributed by atoms with van der Waals surface area (Å²) in [6, 6.07) is 7.11. The van der Waals surface area contributed by atoms with E-state index in [9.17, 15) is 0 Å². The number of hydrogen-bond donors (Lipinski definition) is 1. The largest absolute Gasteiger partial charge is 0.396 e. The lowest BCUT2D eigenvalue weighted by atomic mass is 9.77. The highest BCUT2D eigenvalue weighted by Gasteiger charge is 2.25. The Morgan fingerprint density at radius 2 is 1.63 bits per heavy atom. The Kier molecular flexibility index (Phi) is 7.64. The van der Waals surface area contributed by atoms with E-state index in [-0.39, 0.29) is 0 Å². The van der Waals surface area contributed by atoms with Crippen LogP contribution in [0.5, 0.6) is 0 Å². The average Bonchev–Trinajstić information content (AvgIpc) is 3.27. The summed E-state index contributed by atoms with van der Waals surface area (Å²) in [6.07, 6.45) is 14.2. The van der Waals surface area contributed by atoms with Gasteiger partial charge in [0.1, 0.15) is 0 Å². The van der Waals surface area contributed by atoms with E-state index in [1.807, 2.05) is 11.3 Å². The van der Waals surface area contributed by atoms with Crippen LogP contribution in [0.25, 0.3) is 11.3 Å². The minimum atomic E-state index is 0.352. The van der Waals surface area contributed by atoms with Gasteiger partial charge < -0.3 is 5.11 Å². The molecule has 0 spiro atoms. The smallest absolute Gasteiger partial charge is 0.0963 e. The van der Waals surface area contributed by atoms with Crippen LogP contribution in [-0.2, 0) is 0 Å². The SMILES string of the molecule is CC1CCC(C)c2cc(-c3csc(C4CCC(CCCCCCO)CC4)n3)ccc21. The number of aliphatic hydroxyl groups is 1. The van der Waals surface area contributed by atoms with E-state index < -0.39 is 0 Å². The maximum absolute atomic E-state index is 8.90. The first-order chi connectivity index (χ1) is 14.7. The fraction of sp³-hybridized carbons (Fsp3) is 0.667. The molecule has 0 bridgehead atoms. The Bertz CT molecular complexity index is 805. The topological polar surface area (TPSA) is 33.1 Å². The van der Waals surface area contributed by atoms with Crippen LogP contribution in [-0.4, -0.2) is 16.7 Å². The number of hydrogen-bond acceptors (Lipinski definition) is 3. The molecule has 0 amide bonds. The number of aromatic nitrogens is 1. The van der Waals surface area contributed by atoms with Crippen molar-refractivity contribution in [1.29, 1.82) is 0 Å². The van der Waals surface area contributed by atoms with E-state index in [4.69, 9.17) is 10.1 Å². The Labute approximate surface area is 187 Å². The number of nitrogens with zero attached hydrogens (tertiary/aromatic N) is 1. The van der Waals surface area contributed by atoms with Gasteiger partial charge in [-0.15, -0.1) is 11.3 Å². The molecule has 164 valence electrons. The molecule has 2 nitrogen and oxygen atoms in total. The van der Waals surface area contributed by atoms with Crippen molar-refractivity contribution in [1.82, 2.24) is 4.98 Å². The third-order valence-electron chi connectivity index (χ3n) is 7.72. The van der Waals surface area contributed by atoms with Gasteiger partial charge in [0, 0.05) is 23.5 Å². The van der Waals surface area contributed by atoms with E-state index in [0.717, 1.165) is 12.3 Å². The third kappa shape index (κ3) is 5.16. The summed E-state index contributed by atoms with van der Waals surface area (Å²) in [7, 11) is 0.